The predicted octanol–water partition coefficient (Wildman–Crippen LogP) is 2.83. The maximum absolute atomic E-state index is 11.5. The van der Waals surface area contributed by atoms with Crippen molar-refractivity contribution >= 4 is 22.7 Å². The van der Waals surface area contributed by atoms with Crippen LogP contribution in [-0.4, -0.2) is 26.7 Å². The average Bonchev–Trinajstić information content (AvgIpc) is 2.52. The molecule has 2 heterocycles. The third-order valence-electron chi connectivity index (χ3n) is 5.12. The number of anilines is 2. The molecule has 0 aliphatic carbocycles. The summed E-state index contributed by atoms with van der Waals surface area (Å²) < 4.78 is 0. The molecule has 27 heavy (non-hydrogen) atoms. The molecule has 0 radical (unpaired) electrons. The maximum Gasteiger partial charge on any atom is 0.317 e. The lowest BCUT2D eigenvalue weighted by Crippen LogP contribution is -2.47. The molecule has 2 bridgehead atoms. The van der Waals surface area contributed by atoms with Crippen LogP contribution in [0.4, 0.5) is 22.7 Å². The molecule has 2 aromatic rings. The van der Waals surface area contributed by atoms with Crippen LogP contribution in [0.1, 0.15) is 22.3 Å². The van der Waals surface area contributed by atoms with E-state index in [0.29, 0.717) is 40.3 Å². The molecule has 2 aromatic carbocycles. The highest BCUT2D eigenvalue weighted by Crippen LogP contribution is 2.50. The van der Waals surface area contributed by atoms with E-state index in [1.807, 2.05) is 0 Å². The van der Waals surface area contributed by atoms with Crippen molar-refractivity contribution in [2.24, 2.45) is 0 Å². The van der Waals surface area contributed by atoms with Crippen LogP contribution < -0.4 is 9.80 Å². The Balaban J connectivity index is 1.98. The summed E-state index contributed by atoms with van der Waals surface area (Å²) in [6.07, 6.45) is 0. The number of aryl methyl sites for hydroxylation is 2. The largest absolute Gasteiger partial charge is 0.502 e. The lowest BCUT2D eigenvalue weighted by Gasteiger charge is -2.45. The van der Waals surface area contributed by atoms with Gasteiger partial charge in [-0.15, -0.1) is 0 Å². The van der Waals surface area contributed by atoms with E-state index in [1.54, 1.807) is 23.6 Å². The van der Waals surface area contributed by atoms with E-state index in [-0.39, 0.29) is 24.5 Å². The summed E-state index contributed by atoms with van der Waals surface area (Å²) in [6, 6.07) is 2.68. The zero-order chi connectivity index (χ0) is 19.6. The number of aromatic hydroxyl groups is 2. The van der Waals surface area contributed by atoms with Gasteiger partial charge in [-0.2, -0.15) is 0 Å². The molecule has 10 heteroatoms. The Morgan fingerprint density at radius 2 is 1.22 bits per heavy atom. The van der Waals surface area contributed by atoms with Crippen molar-refractivity contribution in [2.75, 3.05) is 16.5 Å². The van der Waals surface area contributed by atoms with Crippen molar-refractivity contribution in [3.63, 3.8) is 0 Å². The monoisotopic (exact) mass is 372 g/mol. The summed E-state index contributed by atoms with van der Waals surface area (Å²) in [5, 5.41) is 43.2. The van der Waals surface area contributed by atoms with Gasteiger partial charge < -0.3 is 20.0 Å². The number of hydrogen-bond donors (Lipinski definition) is 2. The van der Waals surface area contributed by atoms with E-state index < -0.39 is 21.3 Å². The Labute approximate surface area is 153 Å². The Morgan fingerprint density at radius 1 is 0.852 bits per heavy atom. The lowest BCUT2D eigenvalue weighted by molar-refractivity contribution is -0.386. The number of nitro benzene ring substituents is 2. The molecule has 140 valence electrons. The molecule has 0 saturated heterocycles. The van der Waals surface area contributed by atoms with Crippen LogP contribution in [0.3, 0.4) is 0 Å². The fourth-order valence-electron chi connectivity index (χ4n) is 4.27. The first kappa shape index (κ1) is 16.9. The van der Waals surface area contributed by atoms with Gasteiger partial charge in [0.1, 0.15) is 0 Å². The van der Waals surface area contributed by atoms with E-state index in [4.69, 9.17) is 0 Å². The van der Waals surface area contributed by atoms with E-state index in [0.717, 1.165) is 0 Å². The summed E-state index contributed by atoms with van der Waals surface area (Å²) >= 11 is 0. The van der Waals surface area contributed by atoms with Gasteiger partial charge in [0.2, 0.25) is 0 Å². The zero-order valence-electron chi connectivity index (χ0n) is 14.6. The second-order valence-electron chi connectivity index (χ2n) is 6.83. The molecular weight excluding hydrogens is 356 g/mol. The molecule has 2 N–H and O–H groups in total. The van der Waals surface area contributed by atoms with Crippen molar-refractivity contribution in [3.05, 3.63) is 54.6 Å². The number of nitrogens with zero attached hydrogens (tertiary/aromatic N) is 4. The first-order valence-electron chi connectivity index (χ1n) is 8.20. The van der Waals surface area contributed by atoms with E-state index in [1.165, 1.54) is 12.1 Å². The molecule has 4 rings (SSSR count). The van der Waals surface area contributed by atoms with E-state index >= 15 is 0 Å². The molecule has 0 saturated carbocycles. The molecule has 0 spiro atoms. The number of hydrogen-bond acceptors (Lipinski definition) is 8. The fraction of sp³-hybridized carbons (Fsp3) is 0.294. The van der Waals surface area contributed by atoms with Crippen LogP contribution in [0.2, 0.25) is 0 Å². The first-order chi connectivity index (χ1) is 12.7. The second-order valence-corrected chi connectivity index (χ2v) is 6.83. The van der Waals surface area contributed by atoms with Gasteiger partial charge >= 0.3 is 11.4 Å². The van der Waals surface area contributed by atoms with Gasteiger partial charge in [0.15, 0.2) is 11.5 Å². The number of phenolic OH excluding ortho intramolecular Hbond substituents is 2. The number of rotatable bonds is 2. The highest BCUT2D eigenvalue weighted by Gasteiger charge is 2.40. The molecule has 0 unspecified atom stereocenters. The van der Waals surface area contributed by atoms with Crippen LogP contribution in [0.5, 0.6) is 11.5 Å². The normalized spacial score (nSPS) is 14.6. The Kier molecular flexibility index (Phi) is 3.42. The first-order valence-corrected chi connectivity index (χ1v) is 8.20. The molecular formula is C17H16N4O6. The van der Waals surface area contributed by atoms with Crippen molar-refractivity contribution in [1.29, 1.82) is 0 Å². The van der Waals surface area contributed by atoms with Crippen LogP contribution in [0.15, 0.2) is 12.1 Å². The van der Waals surface area contributed by atoms with E-state index in [9.17, 15) is 30.4 Å². The quantitative estimate of drug-likeness (QED) is 0.607. The van der Waals surface area contributed by atoms with Gasteiger partial charge in [-0.3, -0.25) is 20.2 Å². The standard InChI is InChI=1S/C17H16N4O6/c1-8-3-12(22)16(20(24)25)10-5-19-7-18(14(8)10)6-11-15(19)9(2)4-13(23)17(11)21(26)27/h3-4,22-23H,5-7H2,1-2H3. The van der Waals surface area contributed by atoms with Gasteiger partial charge in [-0.1, -0.05) is 0 Å². The highest BCUT2D eigenvalue weighted by atomic mass is 16.6. The minimum Gasteiger partial charge on any atom is -0.502 e. The number of benzene rings is 2. The van der Waals surface area contributed by atoms with Gasteiger partial charge in [0.25, 0.3) is 0 Å². The van der Waals surface area contributed by atoms with Gasteiger partial charge in [0.05, 0.1) is 52.1 Å². The number of phenols is 2. The second kappa shape index (κ2) is 5.47. The molecule has 0 atom stereocenters. The van der Waals surface area contributed by atoms with Crippen molar-refractivity contribution in [2.45, 2.75) is 26.9 Å². The summed E-state index contributed by atoms with van der Waals surface area (Å²) in [7, 11) is 0. The SMILES string of the molecule is Cc1cc(O)c([N+](=O)[O-])c2c1N1Cc3c(c(C)cc(O)c3[N+](=O)[O-])N(C2)C1. The van der Waals surface area contributed by atoms with Crippen LogP contribution >= 0.6 is 0 Å². The summed E-state index contributed by atoms with van der Waals surface area (Å²) in [5.41, 5.74) is 2.55. The van der Waals surface area contributed by atoms with Crippen LogP contribution in [0, 0.1) is 34.1 Å². The average molecular weight is 372 g/mol. The molecule has 0 fully saturated rings. The molecule has 2 aliphatic heterocycles. The predicted molar refractivity (Wildman–Crippen MR) is 96.2 cm³/mol. The Bertz CT molecular complexity index is 954. The smallest absolute Gasteiger partial charge is 0.317 e. The van der Waals surface area contributed by atoms with Crippen molar-refractivity contribution in [3.8, 4) is 11.5 Å². The Morgan fingerprint density at radius 3 is 1.56 bits per heavy atom. The van der Waals surface area contributed by atoms with Gasteiger partial charge in [-0.05, 0) is 37.1 Å². The van der Waals surface area contributed by atoms with Gasteiger partial charge in [0, 0.05) is 0 Å². The topological polar surface area (TPSA) is 133 Å². The zero-order valence-corrected chi connectivity index (χ0v) is 14.6. The van der Waals surface area contributed by atoms with Crippen molar-refractivity contribution < 1.29 is 20.1 Å². The third-order valence-corrected chi connectivity index (χ3v) is 5.12. The molecule has 10 nitrogen and oxygen atoms in total. The maximum atomic E-state index is 11.5. The fourth-order valence-corrected chi connectivity index (χ4v) is 4.27. The minimum absolute atomic E-state index is 0.132. The highest BCUT2D eigenvalue weighted by molar-refractivity contribution is 5.80. The summed E-state index contributed by atoms with van der Waals surface area (Å²) in [4.78, 5) is 25.4. The summed E-state index contributed by atoms with van der Waals surface area (Å²) in [6.45, 7) is 4.14. The van der Waals surface area contributed by atoms with E-state index in [2.05, 4.69) is 0 Å². The Hall–Kier alpha value is -3.56. The van der Waals surface area contributed by atoms with Crippen molar-refractivity contribution in [1.82, 2.24) is 0 Å². The molecule has 2 aliphatic rings. The van der Waals surface area contributed by atoms with Crippen LogP contribution in [-0.2, 0) is 13.1 Å². The van der Waals surface area contributed by atoms with Crippen LogP contribution in [0.25, 0.3) is 0 Å². The molecule has 0 aromatic heterocycles. The molecule has 0 amide bonds. The minimum atomic E-state index is -0.607. The van der Waals surface area contributed by atoms with Gasteiger partial charge in [-0.25, -0.2) is 0 Å². The third kappa shape index (κ3) is 2.26. The lowest BCUT2D eigenvalue weighted by atomic mass is 9.94. The summed E-state index contributed by atoms with van der Waals surface area (Å²) in [5.74, 6) is -0.792. The number of nitro groups is 2. The number of fused-ring (bicyclic) bond motifs is 6.